The van der Waals surface area contributed by atoms with E-state index in [9.17, 15) is 4.79 Å². The number of hydrogen-bond acceptors (Lipinski definition) is 3. The number of fused-ring (bicyclic) bond motifs is 1. The maximum Gasteiger partial charge on any atom is 0.227 e. The van der Waals surface area contributed by atoms with E-state index in [4.69, 9.17) is 21.1 Å². The fourth-order valence-corrected chi connectivity index (χ4v) is 2.80. The highest BCUT2D eigenvalue weighted by atomic mass is 35.5. The molecule has 0 aromatic heterocycles. The molecule has 0 fully saturated rings. The van der Waals surface area contributed by atoms with Crippen LogP contribution in [0.5, 0.6) is 11.5 Å². The molecule has 1 aliphatic rings. The fourth-order valence-electron chi connectivity index (χ4n) is 2.61. The highest BCUT2D eigenvalue weighted by Gasteiger charge is 2.25. The van der Waals surface area contributed by atoms with Crippen LogP contribution in [-0.4, -0.2) is 19.6 Å². The van der Waals surface area contributed by atoms with Crippen molar-refractivity contribution >= 4 is 17.5 Å². The van der Waals surface area contributed by atoms with Crippen LogP contribution < -0.4 is 14.8 Å². The molecule has 4 nitrogen and oxygen atoms in total. The average molecular weight is 332 g/mol. The lowest BCUT2D eigenvalue weighted by Crippen LogP contribution is -2.37. The highest BCUT2D eigenvalue weighted by molar-refractivity contribution is 6.30. The third kappa shape index (κ3) is 3.77. The second kappa shape index (κ2) is 6.92. The van der Waals surface area contributed by atoms with E-state index in [1.165, 1.54) is 0 Å². The molecule has 0 radical (unpaired) electrons. The summed E-state index contributed by atoms with van der Waals surface area (Å²) in [5.74, 6) is 1.41. The Hall–Kier alpha value is -2.20. The minimum Gasteiger partial charge on any atom is -0.497 e. The second-order valence-corrected chi connectivity index (χ2v) is 5.97. The quantitative estimate of drug-likeness (QED) is 0.935. The molecule has 1 unspecified atom stereocenters. The van der Waals surface area contributed by atoms with Crippen molar-refractivity contribution in [3.05, 3.63) is 58.6 Å². The largest absolute Gasteiger partial charge is 0.497 e. The van der Waals surface area contributed by atoms with Crippen LogP contribution in [0.1, 0.15) is 11.1 Å². The third-order valence-electron chi connectivity index (χ3n) is 3.93. The van der Waals surface area contributed by atoms with E-state index in [1.54, 1.807) is 13.2 Å². The molecular formula is C18H18ClNO3. The Balaban J connectivity index is 1.58. The molecule has 0 aliphatic carbocycles. The molecule has 2 aromatic carbocycles. The van der Waals surface area contributed by atoms with Crippen LogP contribution in [-0.2, 0) is 17.8 Å². The number of methoxy groups -OCH3 is 1. The van der Waals surface area contributed by atoms with Crippen molar-refractivity contribution in [1.29, 1.82) is 0 Å². The van der Waals surface area contributed by atoms with Gasteiger partial charge in [0.2, 0.25) is 5.91 Å². The van der Waals surface area contributed by atoms with Gasteiger partial charge in [0.1, 0.15) is 18.1 Å². The lowest BCUT2D eigenvalue weighted by atomic mass is 9.96. The van der Waals surface area contributed by atoms with E-state index >= 15 is 0 Å². The summed E-state index contributed by atoms with van der Waals surface area (Å²) in [7, 11) is 1.63. The van der Waals surface area contributed by atoms with Gasteiger partial charge in [-0.05, 0) is 47.9 Å². The zero-order valence-corrected chi connectivity index (χ0v) is 13.6. The first-order valence-electron chi connectivity index (χ1n) is 7.47. The van der Waals surface area contributed by atoms with Gasteiger partial charge in [0.25, 0.3) is 0 Å². The van der Waals surface area contributed by atoms with Crippen molar-refractivity contribution in [2.24, 2.45) is 5.92 Å². The number of ether oxygens (including phenoxy) is 2. The molecule has 1 N–H and O–H groups in total. The fraction of sp³-hybridized carbons (Fsp3) is 0.278. The van der Waals surface area contributed by atoms with Crippen molar-refractivity contribution in [3.63, 3.8) is 0 Å². The number of amides is 1. The zero-order chi connectivity index (χ0) is 16.2. The maximum absolute atomic E-state index is 12.3. The minimum absolute atomic E-state index is 0.00792. The number of halogens is 1. The average Bonchev–Trinajstić information content (AvgIpc) is 2.59. The number of carbonyl (C=O) groups excluding carboxylic acids is 1. The van der Waals surface area contributed by atoms with Crippen molar-refractivity contribution in [1.82, 2.24) is 5.32 Å². The van der Waals surface area contributed by atoms with Crippen LogP contribution in [0.2, 0.25) is 5.02 Å². The van der Waals surface area contributed by atoms with Crippen LogP contribution in [0.25, 0.3) is 0 Å². The first kappa shape index (κ1) is 15.7. The normalized spacial score (nSPS) is 16.2. The Morgan fingerprint density at radius 1 is 1.30 bits per heavy atom. The summed E-state index contributed by atoms with van der Waals surface area (Å²) in [5, 5.41) is 3.62. The smallest absolute Gasteiger partial charge is 0.227 e. The van der Waals surface area contributed by atoms with Gasteiger partial charge in [0.05, 0.1) is 13.0 Å². The summed E-state index contributed by atoms with van der Waals surface area (Å²) in [6.45, 7) is 0.880. The summed E-state index contributed by atoms with van der Waals surface area (Å²) < 4.78 is 10.8. The van der Waals surface area contributed by atoms with Gasteiger partial charge in [-0.15, -0.1) is 0 Å². The molecule has 0 bridgehead atoms. The first-order chi connectivity index (χ1) is 11.2. The summed E-state index contributed by atoms with van der Waals surface area (Å²) >= 11 is 6.00. The Kier molecular flexibility index (Phi) is 4.72. The van der Waals surface area contributed by atoms with Crippen LogP contribution in [0, 0.1) is 5.92 Å². The molecule has 1 aliphatic heterocycles. The van der Waals surface area contributed by atoms with E-state index < -0.39 is 0 Å². The SMILES string of the molecule is COc1ccc(CNC(=O)C2COc3ccc(Cl)cc3C2)cc1. The Bertz CT molecular complexity index is 700. The highest BCUT2D eigenvalue weighted by Crippen LogP contribution is 2.29. The van der Waals surface area contributed by atoms with Crippen LogP contribution in [0.15, 0.2) is 42.5 Å². The summed E-state index contributed by atoms with van der Waals surface area (Å²) in [6.07, 6.45) is 0.643. The summed E-state index contributed by atoms with van der Waals surface area (Å²) in [5.41, 5.74) is 2.01. The van der Waals surface area contributed by atoms with Crippen molar-refractivity contribution in [3.8, 4) is 11.5 Å². The number of benzene rings is 2. The predicted molar refractivity (Wildman–Crippen MR) is 89.0 cm³/mol. The van der Waals surface area contributed by atoms with Crippen LogP contribution >= 0.6 is 11.6 Å². The van der Waals surface area contributed by atoms with E-state index in [1.807, 2.05) is 36.4 Å². The molecular weight excluding hydrogens is 314 g/mol. The monoisotopic (exact) mass is 331 g/mol. The lowest BCUT2D eigenvalue weighted by molar-refractivity contribution is -0.126. The van der Waals surface area contributed by atoms with Gasteiger partial charge in [-0.3, -0.25) is 4.79 Å². The molecule has 5 heteroatoms. The van der Waals surface area contributed by atoms with Crippen LogP contribution in [0.4, 0.5) is 0 Å². The molecule has 1 amide bonds. The number of nitrogens with one attached hydrogen (secondary N) is 1. The van der Waals surface area contributed by atoms with E-state index in [-0.39, 0.29) is 11.8 Å². The van der Waals surface area contributed by atoms with Gasteiger partial charge in [0, 0.05) is 11.6 Å². The second-order valence-electron chi connectivity index (χ2n) is 5.53. The van der Waals surface area contributed by atoms with Gasteiger partial charge >= 0.3 is 0 Å². The van der Waals surface area contributed by atoms with Crippen LogP contribution in [0.3, 0.4) is 0 Å². The van der Waals surface area contributed by atoms with Crippen molar-refractivity contribution < 1.29 is 14.3 Å². The number of carbonyl (C=O) groups is 1. The molecule has 0 saturated carbocycles. The van der Waals surface area contributed by atoms with Crippen molar-refractivity contribution in [2.45, 2.75) is 13.0 Å². The summed E-state index contributed by atoms with van der Waals surface area (Å²) in [6, 6.07) is 13.1. The Morgan fingerprint density at radius 3 is 2.83 bits per heavy atom. The molecule has 1 heterocycles. The minimum atomic E-state index is -0.195. The first-order valence-corrected chi connectivity index (χ1v) is 7.85. The zero-order valence-electron chi connectivity index (χ0n) is 12.8. The lowest BCUT2D eigenvalue weighted by Gasteiger charge is -2.24. The molecule has 2 aromatic rings. The number of rotatable bonds is 4. The molecule has 1 atom stereocenters. The number of hydrogen-bond donors (Lipinski definition) is 1. The molecule has 0 spiro atoms. The van der Waals surface area contributed by atoms with Gasteiger partial charge < -0.3 is 14.8 Å². The topological polar surface area (TPSA) is 47.6 Å². The molecule has 0 saturated heterocycles. The van der Waals surface area contributed by atoms with Gasteiger partial charge in [-0.25, -0.2) is 0 Å². The summed E-state index contributed by atoms with van der Waals surface area (Å²) in [4.78, 5) is 12.3. The Labute approximate surface area is 140 Å². The van der Waals surface area contributed by atoms with E-state index in [0.29, 0.717) is 24.6 Å². The maximum atomic E-state index is 12.3. The molecule has 23 heavy (non-hydrogen) atoms. The van der Waals surface area contributed by atoms with Gasteiger partial charge in [0.15, 0.2) is 0 Å². The predicted octanol–water partition coefficient (Wildman–Crippen LogP) is 3.22. The van der Waals surface area contributed by atoms with Gasteiger partial charge in [-0.2, -0.15) is 0 Å². The van der Waals surface area contributed by atoms with E-state index in [0.717, 1.165) is 22.6 Å². The third-order valence-corrected chi connectivity index (χ3v) is 4.16. The van der Waals surface area contributed by atoms with E-state index in [2.05, 4.69) is 5.32 Å². The van der Waals surface area contributed by atoms with Gasteiger partial charge in [-0.1, -0.05) is 23.7 Å². The molecule has 120 valence electrons. The molecule has 3 rings (SSSR count). The standard InChI is InChI=1S/C18H18ClNO3/c1-22-16-5-2-12(3-6-16)10-20-18(21)14-8-13-9-15(19)4-7-17(13)23-11-14/h2-7,9,14H,8,10-11H2,1H3,(H,20,21). The Morgan fingerprint density at radius 2 is 2.09 bits per heavy atom. The van der Waals surface area contributed by atoms with Crippen molar-refractivity contribution in [2.75, 3.05) is 13.7 Å².